The quantitative estimate of drug-likeness (QED) is 0.665. The van der Waals surface area contributed by atoms with Crippen molar-refractivity contribution in [1.82, 2.24) is 20.5 Å². The van der Waals surface area contributed by atoms with Crippen molar-refractivity contribution in [2.45, 2.75) is 13.5 Å². The second kappa shape index (κ2) is 4.06. The van der Waals surface area contributed by atoms with Crippen LogP contribution in [-0.2, 0) is 6.54 Å². The van der Waals surface area contributed by atoms with Crippen LogP contribution in [0.3, 0.4) is 0 Å². The minimum absolute atomic E-state index is 0.725. The fraction of sp³-hybridized carbons (Fsp3) is 0.714. The average molecular weight is 169 g/mol. The zero-order valence-electron chi connectivity index (χ0n) is 7.76. The van der Waals surface area contributed by atoms with Crippen LogP contribution in [0.5, 0.6) is 0 Å². The Hall–Kier alpha value is -1.10. The van der Waals surface area contributed by atoms with Gasteiger partial charge in [-0.15, -0.1) is 5.10 Å². The molecule has 0 fully saturated rings. The molecule has 0 aliphatic heterocycles. The van der Waals surface area contributed by atoms with E-state index in [-0.39, 0.29) is 0 Å². The molecule has 0 saturated heterocycles. The van der Waals surface area contributed by atoms with Crippen LogP contribution in [0.4, 0.5) is 5.95 Å². The van der Waals surface area contributed by atoms with Crippen LogP contribution in [-0.4, -0.2) is 35.8 Å². The molecular formula is C7H15N5. The van der Waals surface area contributed by atoms with E-state index in [1.54, 1.807) is 0 Å². The Balaban J connectivity index is 2.52. The molecule has 68 valence electrons. The van der Waals surface area contributed by atoms with E-state index >= 15 is 0 Å². The number of hydrogen-bond donors (Lipinski definition) is 2. The lowest BCUT2D eigenvalue weighted by Crippen LogP contribution is -2.13. The van der Waals surface area contributed by atoms with E-state index in [1.165, 1.54) is 0 Å². The van der Waals surface area contributed by atoms with E-state index in [9.17, 15) is 0 Å². The van der Waals surface area contributed by atoms with Crippen LogP contribution in [0, 0.1) is 0 Å². The number of rotatable bonds is 4. The topological polar surface area (TPSA) is 56.8 Å². The van der Waals surface area contributed by atoms with Crippen molar-refractivity contribution in [3.63, 3.8) is 0 Å². The second-order valence-corrected chi connectivity index (χ2v) is 2.76. The van der Waals surface area contributed by atoms with Gasteiger partial charge in [-0.2, -0.15) is 4.98 Å². The summed E-state index contributed by atoms with van der Waals surface area (Å²) in [5.41, 5.74) is 0. The Kier molecular flexibility index (Phi) is 3.04. The zero-order valence-corrected chi connectivity index (χ0v) is 7.76. The summed E-state index contributed by atoms with van der Waals surface area (Å²) in [6.45, 7) is 3.75. The highest BCUT2D eigenvalue weighted by Gasteiger charge is 2.02. The van der Waals surface area contributed by atoms with Gasteiger partial charge in [-0.3, -0.25) is 5.10 Å². The number of aromatic amines is 1. The van der Waals surface area contributed by atoms with Gasteiger partial charge in [-0.1, -0.05) is 6.92 Å². The molecule has 0 aromatic carbocycles. The molecule has 0 aliphatic rings. The molecule has 1 rings (SSSR count). The number of aromatic nitrogens is 3. The van der Waals surface area contributed by atoms with E-state index in [2.05, 4.69) is 27.4 Å². The summed E-state index contributed by atoms with van der Waals surface area (Å²) < 4.78 is 0. The normalized spacial score (nSPS) is 10.2. The maximum Gasteiger partial charge on any atom is 0.244 e. The van der Waals surface area contributed by atoms with Crippen molar-refractivity contribution in [3.8, 4) is 0 Å². The van der Waals surface area contributed by atoms with Crippen LogP contribution in [0.15, 0.2) is 0 Å². The maximum atomic E-state index is 4.24. The molecule has 0 aliphatic carbocycles. The standard InChI is InChI=1S/C7H15N5/c1-4-8-5-6-9-7(11-10-6)12(2)3/h8H,4-5H2,1-3H3,(H,9,10,11). The van der Waals surface area contributed by atoms with Crippen molar-refractivity contribution in [3.05, 3.63) is 5.82 Å². The highest BCUT2D eigenvalue weighted by Crippen LogP contribution is 2.00. The predicted octanol–water partition coefficient (Wildman–Crippen LogP) is -0.0198. The van der Waals surface area contributed by atoms with Crippen LogP contribution >= 0.6 is 0 Å². The highest BCUT2D eigenvalue weighted by molar-refractivity contribution is 5.24. The lowest BCUT2D eigenvalue weighted by Gasteiger charge is -2.03. The summed E-state index contributed by atoms with van der Waals surface area (Å²) in [6, 6.07) is 0. The average Bonchev–Trinajstić information content (AvgIpc) is 2.48. The van der Waals surface area contributed by atoms with Crippen molar-refractivity contribution < 1.29 is 0 Å². The van der Waals surface area contributed by atoms with Crippen molar-refractivity contribution in [2.24, 2.45) is 0 Å². The summed E-state index contributed by atoms with van der Waals surface area (Å²) in [6.07, 6.45) is 0. The Bertz CT molecular complexity index is 229. The number of nitrogens with zero attached hydrogens (tertiary/aromatic N) is 3. The molecule has 2 N–H and O–H groups in total. The summed E-state index contributed by atoms with van der Waals surface area (Å²) in [7, 11) is 3.83. The summed E-state index contributed by atoms with van der Waals surface area (Å²) in [5.74, 6) is 1.60. The molecule has 5 heteroatoms. The third-order valence-corrected chi connectivity index (χ3v) is 1.46. The molecular weight excluding hydrogens is 154 g/mol. The van der Waals surface area contributed by atoms with Crippen LogP contribution in [0.25, 0.3) is 0 Å². The Morgan fingerprint density at radius 2 is 2.25 bits per heavy atom. The smallest absolute Gasteiger partial charge is 0.244 e. The van der Waals surface area contributed by atoms with Gasteiger partial charge in [-0.25, -0.2) is 0 Å². The summed E-state index contributed by atoms with van der Waals surface area (Å²) in [4.78, 5) is 6.11. The Morgan fingerprint density at radius 1 is 1.50 bits per heavy atom. The van der Waals surface area contributed by atoms with Crippen molar-refractivity contribution >= 4 is 5.95 Å². The molecule has 0 spiro atoms. The summed E-state index contributed by atoms with van der Waals surface area (Å²) in [5, 5.41) is 10.0. The molecule has 0 bridgehead atoms. The first kappa shape index (κ1) is 8.99. The van der Waals surface area contributed by atoms with Gasteiger partial charge in [0.2, 0.25) is 5.95 Å². The maximum absolute atomic E-state index is 4.24. The third-order valence-electron chi connectivity index (χ3n) is 1.46. The van der Waals surface area contributed by atoms with Gasteiger partial charge in [-0.05, 0) is 6.54 Å². The lowest BCUT2D eigenvalue weighted by molar-refractivity contribution is 0.693. The third kappa shape index (κ3) is 2.20. The van der Waals surface area contributed by atoms with Gasteiger partial charge in [0.25, 0.3) is 0 Å². The van der Waals surface area contributed by atoms with Gasteiger partial charge in [0, 0.05) is 14.1 Å². The zero-order chi connectivity index (χ0) is 8.97. The van der Waals surface area contributed by atoms with E-state index in [1.807, 2.05) is 19.0 Å². The predicted molar refractivity (Wildman–Crippen MR) is 48.1 cm³/mol. The minimum atomic E-state index is 0.725. The van der Waals surface area contributed by atoms with Crippen LogP contribution < -0.4 is 10.2 Å². The van der Waals surface area contributed by atoms with Crippen LogP contribution in [0.2, 0.25) is 0 Å². The number of anilines is 1. The molecule has 0 unspecified atom stereocenters. The van der Waals surface area contributed by atoms with E-state index in [4.69, 9.17) is 0 Å². The van der Waals surface area contributed by atoms with Crippen LogP contribution in [0.1, 0.15) is 12.7 Å². The van der Waals surface area contributed by atoms with Crippen molar-refractivity contribution in [2.75, 3.05) is 25.5 Å². The van der Waals surface area contributed by atoms with Crippen molar-refractivity contribution in [1.29, 1.82) is 0 Å². The van der Waals surface area contributed by atoms with E-state index in [0.29, 0.717) is 0 Å². The van der Waals surface area contributed by atoms with Gasteiger partial charge in [0.15, 0.2) is 0 Å². The van der Waals surface area contributed by atoms with Gasteiger partial charge in [0.1, 0.15) is 5.82 Å². The Morgan fingerprint density at radius 3 is 2.75 bits per heavy atom. The fourth-order valence-electron chi connectivity index (χ4n) is 0.808. The SMILES string of the molecule is CCNCc1nc(N(C)C)n[nH]1. The number of hydrogen-bond acceptors (Lipinski definition) is 4. The molecule has 1 heterocycles. The van der Waals surface area contributed by atoms with E-state index < -0.39 is 0 Å². The summed E-state index contributed by atoms with van der Waals surface area (Å²) >= 11 is 0. The highest BCUT2D eigenvalue weighted by atomic mass is 15.3. The molecule has 12 heavy (non-hydrogen) atoms. The number of nitrogens with one attached hydrogen (secondary N) is 2. The lowest BCUT2D eigenvalue weighted by atomic mass is 10.6. The molecule has 0 amide bonds. The van der Waals surface area contributed by atoms with Gasteiger partial charge >= 0.3 is 0 Å². The minimum Gasteiger partial charge on any atom is -0.346 e. The van der Waals surface area contributed by atoms with Gasteiger partial charge < -0.3 is 10.2 Å². The number of H-pyrrole nitrogens is 1. The largest absolute Gasteiger partial charge is 0.346 e. The molecule has 0 atom stereocenters. The Labute approximate surface area is 72.2 Å². The molecule has 0 radical (unpaired) electrons. The molecule has 0 saturated carbocycles. The van der Waals surface area contributed by atoms with Gasteiger partial charge in [0.05, 0.1) is 6.54 Å². The monoisotopic (exact) mass is 169 g/mol. The second-order valence-electron chi connectivity index (χ2n) is 2.76. The fourth-order valence-corrected chi connectivity index (χ4v) is 0.808. The van der Waals surface area contributed by atoms with E-state index in [0.717, 1.165) is 24.9 Å². The first-order valence-electron chi connectivity index (χ1n) is 4.03. The molecule has 1 aromatic rings. The molecule has 1 aromatic heterocycles. The molecule has 5 nitrogen and oxygen atoms in total. The first-order valence-corrected chi connectivity index (χ1v) is 4.03. The first-order chi connectivity index (χ1) is 5.74.